The Morgan fingerprint density at radius 1 is 1.20 bits per heavy atom. The molecular weight excluding hydrogens is 320 g/mol. The number of carbonyl (C=O) groups excluding carboxylic acids is 2. The summed E-state index contributed by atoms with van der Waals surface area (Å²) in [5.41, 5.74) is 0.738. The molecule has 0 unspecified atom stereocenters. The fraction of sp³-hybridized carbons (Fsp3) is 0.421. The van der Waals surface area contributed by atoms with Crippen molar-refractivity contribution in [3.8, 4) is 17.6 Å². The minimum absolute atomic E-state index is 0.0720. The molecule has 1 aromatic rings. The highest BCUT2D eigenvalue weighted by Crippen LogP contribution is 2.32. The van der Waals surface area contributed by atoms with Crippen molar-refractivity contribution < 1.29 is 19.1 Å². The molecule has 0 bridgehead atoms. The first-order chi connectivity index (χ1) is 12.2. The molecule has 0 spiro atoms. The number of rotatable bonds is 5. The molecule has 1 amide bonds. The van der Waals surface area contributed by atoms with Crippen LogP contribution in [0.25, 0.3) is 6.08 Å². The van der Waals surface area contributed by atoms with Gasteiger partial charge in [0.2, 0.25) is 12.7 Å². The lowest BCUT2D eigenvalue weighted by Gasteiger charge is -2.23. The van der Waals surface area contributed by atoms with Crippen molar-refractivity contribution in [1.29, 1.82) is 5.26 Å². The monoisotopic (exact) mass is 340 g/mol. The van der Waals surface area contributed by atoms with E-state index >= 15 is 0 Å². The Kier molecular flexibility index (Phi) is 5.34. The van der Waals surface area contributed by atoms with Gasteiger partial charge < -0.3 is 14.8 Å². The number of ether oxygens (including phenoxy) is 2. The standard InChI is InChI=1S/C19H20N2O4/c20-11-15(19(23)21-14-4-2-1-3-5-14)16(22)8-6-13-7-9-17-18(10-13)25-12-24-17/h6-10,14-15H,1-5,12H2,(H,21,23)/b8-6-/t15-/m1/s1. The zero-order chi connectivity index (χ0) is 17.6. The molecule has 1 saturated carbocycles. The quantitative estimate of drug-likeness (QED) is 0.657. The SMILES string of the molecule is N#C[C@H](C(=O)/C=C\c1ccc2c(c1)OCO2)C(=O)NC1CCCCC1. The van der Waals surface area contributed by atoms with Gasteiger partial charge in [0.1, 0.15) is 0 Å². The highest BCUT2D eigenvalue weighted by Gasteiger charge is 2.27. The minimum Gasteiger partial charge on any atom is -0.454 e. The molecule has 1 fully saturated rings. The molecule has 25 heavy (non-hydrogen) atoms. The molecular formula is C19H20N2O4. The van der Waals surface area contributed by atoms with Crippen LogP contribution in [0.2, 0.25) is 0 Å². The van der Waals surface area contributed by atoms with Gasteiger partial charge in [-0.2, -0.15) is 5.26 Å². The number of fused-ring (bicyclic) bond motifs is 1. The zero-order valence-corrected chi connectivity index (χ0v) is 13.9. The van der Waals surface area contributed by atoms with Gasteiger partial charge in [0.25, 0.3) is 0 Å². The van der Waals surface area contributed by atoms with E-state index in [-0.39, 0.29) is 12.8 Å². The summed E-state index contributed by atoms with van der Waals surface area (Å²) in [5, 5.41) is 12.0. The summed E-state index contributed by atoms with van der Waals surface area (Å²) in [6.07, 6.45) is 7.97. The molecule has 1 aromatic carbocycles. The van der Waals surface area contributed by atoms with Gasteiger partial charge >= 0.3 is 0 Å². The molecule has 0 aromatic heterocycles. The Hall–Kier alpha value is -2.81. The third kappa shape index (κ3) is 4.18. The largest absolute Gasteiger partial charge is 0.454 e. The highest BCUT2D eigenvalue weighted by atomic mass is 16.7. The lowest BCUT2D eigenvalue weighted by atomic mass is 9.94. The third-order valence-electron chi connectivity index (χ3n) is 4.46. The van der Waals surface area contributed by atoms with Crippen LogP contribution in [0.4, 0.5) is 0 Å². The Morgan fingerprint density at radius 2 is 1.96 bits per heavy atom. The van der Waals surface area contributed by atoms with Crippen molar-refractivity contribution in [2.45, 2.75) is 38.1 Å². The first kappa shape index (κ1) is 17.0. The number of benzene rings is 1. The van der Waals surface area contributed by atoms with E-state index in [1.807, 2.05) is 6.07 Å². The fourth-order valence-corrected chi connectivity index (χ4v) is 3.07. The Balaban J connectivity index is 1.61. The third-order valence-corrected chi connectivity index (χ3v) is 4.46. The number of nitriles is 1. The maximum absolute atomic E-state index is 12.2. The van der Waals surface area contributed by atoms with Crippen molar-refractivity contribution in [1.82, 2.24) is 5.32 Å². The topological polar surface area (TPSA) is 88.4 Å². The lowest BCUT2D eigenvalue weighted by Crippen LogP contribution is -2.41. The van der Waals surface area contributed by atoms with Crippen LogP contribution in [-0.4, -0.2) is 24.5 Å². The van der Waals surface area contributed by atoms with Gasteiger partial charge in [-0.1, -0.05) is 31.4 Å². The van der Waals surface area contributed by atoms with E-state index in [2.05, 4.69) is 5.32 Å². The van der Waals surface area contributed by atoms with Crippen LogP contribution in [0, 0.1) is 17.2 Å². The summed E-state index contributed by atoms with van der Waals surface area (Å²) >= 11 is 0. The lowest BCUT2D eigenvalue weighted by molar-refractivity contribution is -0.130. The first-order valence-corrected chi connectivity index (χ1v) is 8.49. The molecule has 130 valence electrons. The molecule has 1 atom stereocenters. The number of ketones is 1. The second kappa shape index (κ2) is 7.84. The average molecular weight is 340 g/mol. The van der Waals surface area contributed by atoms with Gasteiger partial charge in [-0.15, -0.1) is 0 Å². The molecule has 1 aliphatic heterocycles. The molecule has 2 aliphatic rings. The van der Waals surface area contributed by atoms with Crippen molar-refractivity contribution >= 4 is 17.8 Å². The maximum atomic E-state index is 12.2. The second-order valence-corrected chi connectivity index (χ2v) is 6.25. The number of nitrogens with zero attached hydrogens (tertiary/aromatic N) is 1. The molecule has 1 heterocycles. The Bertz CT molecular complexity index is 729. The molecule has 1 N–H and O–H groups in total. The van der Waals surface area contributed by atoms with Crippen molar-refractivity contribution in [2.75, 3.05) is 6.79 Å². The fourth-order valence-electron chi connectivity index (χ4n) is 3.07. The van der Waals surface area contributed by atoms with Gasteiger partial charge in [-0.3, -0.25) is 9.59 Å². The van der Waals surface area contributed by atoms with Crippen LogP contribution in [0.5, 0.6) is 11.5 Å². The Labute approximate surface area is 146 Å². The van der Waals surface area contributed by atoms with Crippen molar-refractivity contribution in [2.24, 2.45) is 5.92 Å². The molecule has 0 saturated heterocycles. The van der Waals surface area contributed by atoms with Crippen LogP contribution in [0.3, 0.4) is 0 Å². The normalized spacial score (nSPS) is 17.9. The van der Waals surface area contributed by atoms with Crippen molar-refractivity contribution in [3.63, 3.8) is 0 Å². The predicted molar refractivity (Wildman–Crippen MR) is 90.7 cm³/mol. The highest BCUT2D eigenvalue weighted by molar-refractivity contribution is 6.10. The number of hydrogen-bond donors (Lipinski definition) is 1. The van der Waals surface area contributed by atoms with Gasteiger partial charge in [-0.25, -0.2) is 0 Å². The summed E-state index contributed by atoms with van der Waals surface area (Å²) in [6, 6.07) is 7.16. The number of hydrogen-bond acceptors (Lipinski definition) is 5. The van der Waals surface area contributed by atoms with E-state index < -0.39 is 17.6 Å². The molecule has 1 aliphatic carbocycles. The maximum Gasteiger partial charge on any atom is 0.245 e. The van der Waals surface area contributed by atoms with Crippen LogP contribution in [-0.2, 0) is 9.59 Å². The van der Waals surface area contributed by atoms with Gasteiger partial charge in [0.15, 0.2) is 23.2 Å². The van der Waals surface area contributed by atoms with Crippen LogP contribution >= 0.6 is 0 Å². The molecule has 6 nitrogen and oxygen atoms in total. The van der Waals surface area contributed by atoms with E-state index in [9.17, 15) is 14.9 Å². The predicted octanol–water partition coefficient (Wildman–Crippen LogP) is 2.59. The first-order valence-electron chi connectivity index (χ1n) is 8.49. The van der Waals surface area contributed by atoms with Crippen LogP contribution in [0.15, 0.2) is 24.3 Å². The number of allylic oxidation sites excluding steroid dienone is 1. The summed E-state index contributed by atoms with van der Waals surface area (Å²) in [6.45, 7) is 0.180. The van der Waals surface area contributed by atoms with E-state index in [4.69, 9.17) is 9.47 Å². The zero-order valence-electron chi connectivity index (χ0n) is 13.9. The summed E-state index contributed by atoms with van der Waals surface area (Å²) in [4.78, 5) is 24.5. The Morgan fingerprint density at radius 3 is 2.72 bits per heavy atom. The second-order valence-electron chi connectivity index (χ2n) is 6.25. The van der Waals surface area contributed by atoms with Crippen molar-refractivity contribution in [3.05, 3.63) is 29.8 Å². The van der Waals surface area contributed by atoms with Gasteiger partial charge in [0, 0.05) is 6.04 Å². The number of nitrogens with one attached hydrogen (secondary N) is 1. The average Bonchev–Trinajstić information content (AvgIpc) is 3.09. The molecule has 3 rings (SSSR count). The van der Waals surface area contributed by atoms with Gasteiger partial charge in [-0.05, 0) is 36.6 Å². The summed E-state index contributed by atoms with van der Waals surface area (Å²) in [7, 11) is 0. The molecule has 0 radical (unpaired) electrons. The van der Waals surface area contributed by atoms with E-state index in [1.54, 1.807) is 24.3 Å². The molecule has 6 heteroatoms. The van der Waals surface area contributed by atoms with Crippen LogP contribution in [0.1, 0.15) is 37.7 Å². The summed E-state index contributed by atoms with van der Waals surface area (Å²) in [5.74, 6) is -1.07. The smallest absolute Gasteiger partial charge is 0.245 e. The number of amides is 1. The minimum atomic E-state index is -1.31. The van der Waals surface area contributed by atoms with E-state index in [0.717, 1.165) is 31.2 Å². The number of carbonyl (C=O) groups is 2. The summed E-state index contributed by atoms with van der Waals surface area (Å²) < 4.78 is 10.5. The van der Waals surface area contributed by atoms with Gasteiger partial charge in [0.05, 0.1) is 6.07 Å². The van der Waals surface area contributed by atoms with Crippen LogP contribution < -0.4 is 14.8 Å². The van der Waals surface area contributed by atoms with E-state index in [1.165, 1.54) is 12.5 Å². The van der Waals surface area contributed by atoms with E-state index in [0.29, 0.717) is 11.5 Å².